The van der Waals surface area contributed by atoms with Gasteiger partial charge in [0.15, 0.2) is 11.3 Å². The van der Waals surface area contributed by atoms with Gasteiger partial charge in [0.2, 0.25) is 0 Å². The molecule has 4 heteroatoms. The van der Waals surface area contributed by atoms with E-state index < -0.39 is 0 Å². The number of morpholine rings is 1. The number of para-hydroxylation sites is 1. The van der Waals surface area contributed by atoms with Gasteiger partial charge in [-0.2, -0.15) is 0 Å². The molecule has 2 heterocycles. The van der Waals surface area contributed by atoms with Gasteiger partial charge in [-0.05, 0) is 30.0 Å². The molecular weight excluding hydrogens is 314 g/mol. The zero-order valence-corrected chi connectivity index (χ0v) is 14.1. The lowest BCUT2D eigenvalue weighted by Crippen LogP contribution is -2.36. The summed E-state index contributed by atoms with van der Waals surface area (Å²) in [5.74, 6) is 0.646. The molecule has 0 atom stereocenters. The van der Waals surface area contributed by atoms with Crippen molar-refractivity contribution in [3.8, 4) is 0 Å². The van der Waals surface area contributed by atoms with E-state index in [1.165, 1.54) is 5.56 Å². The van der Waals surface area contributed by atoms with Crippen molar-refractivity contribution in [1.82, 2.24) is 0 Å². The van der Waals surface area contributed by atoms with Crippen LogP contribution in [0.15, 0.2) is 63.8 Å². The van der Waals surface area contributed by atoms with Gasteiger partial charge in [0.25, 0.3) is 0 Å². The molecule has 0 saturated carbocycles. The Bertz CT molecular complexity index is 911. The Hall–Kier alpha value is -2.59. The smallest absolute Gasteiger partial charge is 0.200 e. The minimum atomic E-state index is 0.0179. The van der Waals surface area contributed by atoms with Crippen molar-refractivity contribution in [2.45, 2.75) is 12.8 Å². The number of fused-ring (bicyclic) bond motifs is 1. The molecule has 3 aromatic rings. The average molecular weight is 335 g/mol. The Balaban J connectivity index is 1.68. The fourth-order valence-corrected chi connectivity index (χ4v) is 3.28. The highest BCUT2D eigenvalue weighted by Gasteiger charge is 2.16. The first kappa shape index (κ1) is 15.9. The van der Waals surface area contributed by atoms with Crippen LogP contribution in [-0.4, -0.2) is 26.3 Å². The number of aryl methyl sites for hydroxylation is 2. The van der Waals surface area contributed by atoms with Gasteiger partial charge in [-0.15, -0.1) is 0 Å². The van der Waals surface area contributed by atoms with Crippen LogP contribution in [0.3, 0.4) is 0 Å². The van der Waals surface area contributed by atoms with E-state index in [4.69, 9.17) is 9.15 Å². The number of ether oxygens (including phenoxy) is 1. The SMILES string of the molecule is O=c1cc(N2CCOCC2)oc2c(CCc3ccccc3)cccc12. The number of hydrogen-bond acceptors (Lipinski definition) is 4. The topological polar surface area (TPSA) is 42.7 Å². The molecule has 0 radical (unpaired) electrons. The third kappa shape index (κ3) is 3.44. The zero-order valence-electron chi connectivity index (χ0n) is 14.1. The number of anilines is 1. The van der Waals surface area contributed by atoms with Gasteiger partial charge in [-0.25, -0.2) is 0 Å². The molecule has 1 saturated heterocycles. The Morgan fingerprint density at radius 3 is 2.52 bits per heavy atom. The largest absolute Gasteiger partial charge is 0.440 e. The molecular formula is C21H21NO3. The molecule has 4 rings (SSSR count). The van der Waals surface area contributed by atoms with Crippen LogP contribution in [0.2, 0.25) is 0 Å². The zero-order chi connectivity index (χ0) is 17.1. The van der Waals surface area contributed by atoms with Gasteiger partial charge >= 0.3 is 0 Å². The first-order valence-corrected chi connectivity index (χ1v) is 8.73. The molecule has 1 aliphatic rings. The summed E-state index contributed by atoms with van der Waals surface area (Å²) in [5.41, 5.74) is 3.09. The normalized spacial score (nSPS) is 14.8. The van der Waals surface area contributed by atoms with Crippen LogP contribution in [0, 0.1) is 0 Å². The first-order valence-electron chi connectivity index (χ1n) is 8.73. The molecule has 0 amide bonds. The summed E-state index contributed by atoms with van der Waals surface area (Å²) in [6.07, 6.45) is 1.77. The Morgan fingerprint density at radius 2 is 1.72 bits per heavy atom. The molecule has 0 spiro atoms. The van der Waals surface area contributed by atoms with E-state index >= 15 is 0 Å². The van der Waals surface area contributed by atoms with Crippen molar-refractivity contribution >= 4 is 16.9 Å². The lowest BCUT2D eigenvalue weighted by Gasteiger charge is -2.27. The first-order chi connectivity index (χ1) is 12.3. The molecule has 0 aliphatic carbocycles. The molecule has 0 N–H and O–H groups in total. The van der Waals surface area contributed by atoms with E-state index in [9.17, 15) is 4.79 Å². The maximum atomic E-state index is 12.6. The third-order valence-electron chi connectivity index (χ3n) is 4.67. The molecule has 4 nitrogen and oxygen atoms in total. The fraction of sp³-hybridized carbons (Fsp3) is 0.286. The fourth-order valence-electron chi connectivity index (χ4n) is 3.28. The summed E-state index contributed by atoms with van der Waals surface area (Å²) in [7, 11) is 0. The Labute approximate surface area is 146 Å². The van der Waals surface area contributed by atoms with E-state index in [0.29, 0.717) is 30.1 Å². The van der Waals surface area contributed by atoms with Crippen molar-refractivity contribution in [3.05, 3.63) is 75.9 Å². The van der Waals surface area contributed by atoms with Gasteiger partial charge in [0.05, 0.1) is 18.6 Å². The maximum absolute atomic E-state index is 12.6. The second-order valence-electron chi connectivity index (χ2n) is 6.33. The van der Waals surface area contributed by atoms with Crippen LogP contribution in [0.1, 0.15) is 11.1 Å². The van der Waals surface area contributed by atoms with Crippen LogP contribution in [0.4, 0.5) is 5.88 Å². The minimum absolute atomic E-state index is 0.0179. The highest BCUT2D eigenvalue weighted by atomic mass is 16.5. The van der Waals surface area contributed by atoms with Gasteiger partial charge in [-0.1, -0.05) is 42.5 Å². The quantitative estimate of drug-likeness (QED) is 0.733. The van der Waals surface area contributed by atoms with Crippen LogP contribution in [0.25, 0.3) is 11.0 Å². The summed E-state index contributed by atoms with van der Waals surface area (Å²) in [6.45, 7) is 2.83. The monoisotopic (exact) mass is 335 g/mol. The maximum Gasteiger partial charge on any atom is 0.200 e. The molecule has 0 bridgehead atoms. The average Bonchev–Trinajstić information content (AvgIpc) is 2.68. The van der Waals surface area contributed by atoms with Crippen LogP contribution in [0.5, 0.6) is 0 Å². The minimum Gasteiger partial charge on any atom is -0.440 e. The Morgan fingerprint density at radius 1 is 0.920 bits per heavy atom. The number of nitrogens with zero attached hydrogens (tertiary/aromatic N) is 1. The van der Waals surface area contributed by atoms with E-state index in [1.807, 2.05) is 18.2 Å². The summed E-state index contributed by atoms with van der Waals surface area (Å²) < 4.78 is 11.6. The van der Waals surface area contributed by atoms with Crippen molar-refractivity contribution in [1.29, 1.82) is 0 Å². The highest BCUT2D eigenvalue weighted by molar-refractivity contribution is 5.81. The van der Waals surface area contributed by atoms with E-state index in [1.54, 1.807) is 6.07 Å². The summed E-state index contributed by atoms with van der Waals surface area (Å²) in [6, 6.07) is 17.8. The van der Waals surface area contributed by atoms with Gasteiger partial charge < -0.3 is 14.1 Å². The molecule has 1 fully saturated rings. The standard InChI is InChI=1S/C21H21NO3/c23-19-15-20(22-11-13-24-14-12-22)25-21-17(7-4-8-18(19)21)10-9-16-5-2-1-3-6-16/h1-8,15H,9-14H2. The molecule has 2 aromatic carbocycles. The predicted octanol–water partition coefficient (Wildman–Crippen LogP) is 3.41. The van der Waals surface area contributed by atoms with Gasteiger partial charge in [-0.3, -0.25) is 4.79 Å². The van der Waals surface area contributed by atoms with E-state index in [2.05, 4.69) is 35.2 Å². The summed E-state index contributed by atoms with van der Waals surface area (Å²) >= 11 is 0. The second kappa shape index (κ2) is 7.11. The van der Waals surface area contributed by atoms with Crippen LogP contribution >= 0.6 is 0 Å². The highest BCUT2D eigenvalue weighted by Crippen LogP contribution is 2.24. The predicted molar refractivity (Wildman–Crippen MR) is 99.4 cm³/mol. The van der Waals surface area contributed by atoms with Crippen molar-refractivity contribution < 1.29 is 9.15 Å². The Kier molecular flexibility index (Phi) is 4.53. The van der Waals surface area contributed by atoms with Crippen LogP contribution < -0.4 is 10.3 Å². The number of hydrogen-bond donors (Lipinski definition) is 0. The van der Waals surface area contributed by atoms with E-state index in [0.717, 1.165) is 31.5 Å². The number of benzene rings is 2. The molecule has 0 unspecified atom stereocenters. The number of rotatable bonds is 4. The second-order valence-corrected chi connectivity index (χ2v) is 6.33. The molecule has 128 valence electrons. The summed E-state index contributed by atoms with van der Waals surface area (Å²) in [5, 5.41) is 0.655. The third-order valence-corrected chi connectivity index (χ3v) is 4.67. The van der Waals surface area contributed by atoms with Crippen LogP contribution in [-0.2, 0) is 17.6 Å². The lowest BCUT2D eigenvalue weighted by molar-refractivity contribution is 0.121. The molecule has 1 aliphatic heterocycles. The van der Waals surface area contributed by atoms with Gasteiger partial charge in [0.1, 0.15) is 5.58 Å². The summed E-state index contributed by atoms with van der Waals surface area (Å²) in [4.78, 5) is 14.6. The van der Waals surface area contributed by atoms with Gasteiger partial charge in [0, 0.05) is 19.2 Å². The molecule has 1 aromatic heterocycles. The van der Waals surface area contributed by atoms with Crippen molar-refractivity contribution in [2.75, 3.05) is 31.2 Å². The van der Waals surface area contributed by atoms with Crippen molar-refractivity contribution in [2.24, 2.45) is 0 Å². The van der Waals surface area contributed by atoms with Crippen molar-refractivity contribution in [3.63, 3.8) is 0 Å². The lowest BCUT2D eigenvalue weighted by atomic mass is 10.0. The molecule has 25 heavy (non-hydrogen) atoms. The van der Waals surface area contributed by atoms with E-state index in [-0.39, 0.29) is 5.43 Å².